The number of aromatic amines is 2. The molecule has 2 nitrogen and oxygen atoms in total. The fourth-order valence-electron chi connectivity index (χ4n) is 1.31. The van der Waals surface area contributed by atoms with Gasteiger partial charge in [0.15, 0.2) is 24.8 Å². The predicted octanol–water partition coefficient (Wildman–Crippen LogP) is 5.57. The fraction of sp³-hybridized carbons (Fsp3) is 0.286. The molecule has 0 saturated carbocycles. The average Bonchev–Trinajstić information content (AvgIpc) is 2.47. The van der Waals surface area contributed by atoms with Crippen LogP contribution in [-0.2, 0) is 21.5 Å². The summed E-state index contributed by atoms with van der Waals surface area (Å²) in [5, 5.41) is 0. The molecule has 0 bridgehead atoms. The second-order valence-electron chi connectivity index (χ2n) is 4.03. The van der Waals surface area contributed by atoms with Crippen molar-refractivity contribution in [1.29, 1.82) is 0 Å². The summed E-state index contributed by atoms with van der Waals surface area (Å²) in [7, 11) is 21.0. The molecule has 0 aliphatic carbocycles. The van der Waals surface area contributed by atoms with E-state index in [1.54, 1.807) is 0 Å². The Hall–Kier alpha value is 0.373. The Bertz CT molecular complexity index is 459. The summed E-state index contributed by atoms with van der Waals surface area (Å²) in [4.78, 5) is 5.93. The minimum absolute atomic E-state index is 1.12. The third kappa shape index (κ3) is 18.4. The van der Waals surface area contributed by atoms with Crippen LogP contribution in [0.5, 0.6) is 0 Å². The number of H-pyrrole nitrogens is 2. The molecule has 2 heterocycles. The van der Waals surface area contributed by atoms with Gasteiger partial charge in [0.25, 0.3) is 0 Å². The number of hydrogen-bond donors (Lipinski definition) is 0. The van der Waals surface area contributed by atoms with Gasteiger partial charge in [-0.3, -0.25) is 0 Å². The summed E-state index contributed by atoms with van der Waals surface area (Å²) in [6.45, 7) is 4.30. The van der Waals surface area contributed by atoms with Crippen molar-refractivity contribution in [2.75, 3.05) is 0 Å². The van der Waals surface area contributed by atoms with Crippen molar-refractivity contribution in [1.82, 2.24) is 0 Å². The van der Waals surface area contributed by atoms with Crippen LogP contribution in [0.4, 0.5) is 0 Å². The van der Waals surface area contributed by atoms with E-state index in [0.717, 1.165) is 12.8 Å². The summed E-state index contributed by atoms with van der Waals surface area (Å²) in [6, 6.07) is 8.33. The van der Waals surface area contributed by atoms with Crippen molar-refractivity contribution in [2.45, 2.75) is 26.7 Å². The molecule has 0 aliphatic heterocycles. The van der Waals surface area contributed by atoms with Crippen molar-refractivity contribution in [3.05, 3.63) is 60.2 Å². The van der Waals surface area contributed by atoms with Gasteiger partial charge in [-0.1, -0.05) is 13.8 Å². The maximum absolute atomic E-state index is 5.02. The quantitative estimate of drug-likeness (QED) is 0.489. The second-order valence-corrected chi connectivity index (χ2v) is 30.4. The van der Waals surface area contributed by atoms with E-state index in [4.69, 9.17) is 48.5 Å². The van der Waals surface area contributed by atoms with Crippen molar-refractivity contribution in [2.24, 2.45) is 0 Å². The molecule has 0 fully saturated rings. The normalized spacial score (nSPS) is 11.9. The minimum atomic E-state index is -4.11. The molecular formula is C14H20Cl5N2Ru. The number of rotatable bonds is 2. The molecule has 0 aromatic carbocycles. The number of halogens is 5. The molecule has 2 aromatic rings. The molecule has 0 unspecified atom stereocenters. The average molecular weight is 495 g/mol. The molecule has 2 N–H and O–H groups in total. The van der Waals surface area contributed by atoms with Gasteiger partial charge in [0.2, 0.25) is 0 Å². The number of hydrogen-bond acceptors (Lipinski definition) is 0. The first-order chi connectivity index (χ1) is 10.1. The van der Waals surface area contributed by atoms with E-state index in [2.05, 4.69) is 48.1 Å². The molecule has 0 atom stereocenters. The van der Waals surface area contributed by atoms with Crippen LogP contribution in [0.15, 0.2) is 49.1 Å². The number of aryl methyl sites for hydroxylation is 2. The standard InChI is InChI=1S/2C7H9N.5ClH.Ru/c2*1-2-7-3-5-8-6-4-7;;;;;;/h2*3-6H,2H2,1H3;5*1H;/q;;;;;;;+3/p-3. The van der Waals surface area contributed by atoms with E-state index in [1.807, 2.05) is 24.8 Å². The number of pyridine rings is 2. The zero-order valence-corrected chi connectivity index (χ0v) is 17.8. The molecule has 8 heteroatoms. The Balaban J connectivity index is 0.000000306. The van der Waals surface area contributed by atoms with Crippen molar-refractivity contribution in [3.8, 4) is 0 Å². The molecular weight excluding hydrogens is 475 g/mol. The van der Waals surface area contributed by atoms with Crippen LogP contribution in [0.25, 0.3) is 0 Å². The third-order valence-electron chi connectivity index (χ3n) is 2.39. The topological polar surface area (TPSA) is 28.3 Å². The first-order valence-corrected chi connectivity index (χ1v) is 17.6. The van der Waals surface area contributed by atoms with Crippen molar-refractivity contribution < 1.29 is 18.6 Å². The van der Waals surface area contributed by atoms with Gasteiger partial charge in [-0.15, -0.1) is 0 Å². The molecule has 0 saturated heterocycles. The van der Waals surface area contributed by atoms with E-state index >= 15 is 0 Å². The van der Waals surface area contributed by atoms with Crippen LogP contribution in [0.2, 0.25) is 0 Å². The Morgan fingerprint density at radius 1 is 0.682 bits per heavy atom. The van der Waals surface area contributed by atoms with Gasteiger partial charge in [-0.25, -0.2) is 9.97 Å². The Morgan fingerprint density at radius 2 is 0.909 bits per heavy atom. The second kappa shape index (κ2) is 11.0. The Labute approximate surface area is 153 Å². The van der Waals surface area contributed by atoms with Crippen molar-refractivity contribution >= 4 is 48.5 Å². The molecule has 2 aromatic heterocycles. The van der Waals surface area contributed by atoms with Gasteiger partial charge >= 0.3 is 57.1 Å². The molecule has 0 amide bonds. The zero-order valence-electron chi connectivity index (χ0n) is 12.3. The van der Waals surface area contributed by atoms with Gasteiger partial charge in [0.1, 0.15) is 0 Å². The predicted molar refractivity (Wildman–Crippen MR) is 94.0 cm³/mol. The van der Waals surface area contributed by atoms with E-state index in [0.29, 0.717) is 0 Å². The number of aromatic nitrogens is 2. The van der Waals surface area contributed by atoms with Crippen LogP contribution in [0.3, 0.4) is 0 Å². The monoisotopic (exact) mass is 493 g/mol. The first-order valence-electron chi connectivity index (χ1n) is 6.43. The van der Waals surface area contributed by atoms with Gasteiger partial charge < -0.3 is 0 Å². The molecule has 0 radical (unpaired) electrons. The fourth-order valence-corrected chi connectivity index (χ4v) is 1.31. The zero-order chi connectivity index (χ0) is 17.1. The SMILES string of the molecule is CCc1cc[nH+]cc1.CCc1cc[nH+]cc1.[Cl][Ru-2]([Cl])([Cl])([Cl])[Cl]. The van der Waals surface area contributed by atoms with Crippen LogP contribution in [-0.4, -0.2) is 0 Å². The van der Waals surface area contributed by atoms with E-state index in [-0.39, 0.29) is 0 Å². The summed E-state index contributed by atoms with van der Waals surface area (Å²) in [6.07, 6.45) is 10.0. The summed E-state index contributed by atoms with van der Waals surface area (Å²) >= 11 is 0. The number of nitrogens with one attached hydrogen (secondary N) is 2. The van der Waals surface area contributed by atoms with Gasteiger partial charge in [0.05, 0.1) is 0 Å². The van der Waals surface area contributed by atoms with Crippen LogP contribution in [0, 0.1) is 0 Å². The Morgan fingerprint density at radius 3 is 1.05 bits per heavy atom. The molecule has 129 valence electrons. The van der Waals surface area contributed by atoms with Crippen LogP contribution in [0.1, 0.15) is 25.0 Å². The van der Waals surface area contributed by atoms with Gasteiger partial charge in [0, 0.05) is 24.3 Å². The summed E-state index contributed by atoms with van der Waals surface area (Å²) in [5.74, 6) is 0. The molecule has 22 heavy (non-hydrogen) atoms. The van der Waals surface area contributed by atoms with Crippen LogP contribution >= 0.6 is 48.5 Å². The van der Waals surface area contributed by atoms with E-state index in [1.165, 1.54) is 11.1 Å². The first kappa shape index (κ1) is 22.4. The summed E-state index contributed by atoms with van der Waals surface area (Å²) in [5.41, 5.74) is 2.76. The van der Waals surface area contributed by atoms with Gasteiger partial charge in [-0.05, 0) is 24.0 Å². The molecule has 0 spiro atoms. The molecule has 2 rings (SSSR count). The van der Waals surface area contributed by atoms with Crippen LogP contribution < -0.4 is 9.97 Å². The Kier molecular flexibility index (Phi) is 11.2. The van der Waals surface area contributed by atoms with E-state index < -0.39 is 8.65 Å². The third-order valence-corrected chi connectivity index (χ3v) is 2.39. The van der Waals surface area contributed by atoms with Gasteiger partial charge in [-0.2, -0.15) is 0 Å². The summed E-state index contributed by atoms with van der Waals surface area (Å²) < 4.78 is 0. The van der Waals surface area contributed by atoms with Crippen molar-refractivity contribution in [3.63, 3.8) is 0 Å². The van der Waals surface area contributed by atoms with E-state index in [9.17, 15) is 0 Å². The maximum atomic E-state index is 5.02. The molecule has 0 aliphatic rings.